The molecule has 1 aromatic rings. The second kappa shape index (κ2) is 7.14. The van der Waals surface area contributed by atoms with Gasteiger partial charge in [0.15, 0.2) is 0 Å². The molecule has 0 spiro atoms. The zero-order valence-electron chi connectivity index (χ0n) is 13.1. The highest BCUT2D eigenvalue weighted by Crippen LogP contribution is 2.28. The van der Waals surface area contributed by atoms with Gasteiger partial charge in [-0.3, -0.25) is 4.90 Å². The molecule has 0 aromatic heterocycles. The van der Waals surface area contributed by atoms with E-state index >= 15 is 0 Å². The third-order valence-corrected chi connectivity index (χ3v) is 4.69. The molecule has 21 heavy (non-hydrogen) atoms. The first-order valence-corrected chi connectivity index (χ1v) is 8.20. The topological polar surface area (TPSA) is 27.7 Å². The van der Waals surface area contributed by atoms with Crippen molar-refractivity contribution < 1.29 is 4.74 Å². The van der Waals surface area contributed by atoms with Crippen LogP contribution in [0, 0.1) is 0 Å². The molecule has 1 aromatic carbocycles. The van der Waals surface area contributed by atoms with E-state index < -0.39 is 0 Å². The average molecular weight is 289 g/mol. The summed E-state index contributed by atoms with van der Waals surface area (Å²) in [6, 6.07) is 9.05. The summed E-state index contributed by atoms with van der Waals surface area (Å²) in [7, 11) is 1.75. The van der Waals surface area contributed by atoms with Gasteiger partial charge in [-0.1, -0.05) is 18.6 Å². The van der Waals surface area contributed by atoms with Crippen molar-refractivity contribution in [3.05, 3.63) is 24.3 Å². The van der Waals surface area contributed by atoms with Crippen LogP contribution in [-0.2, 0) is 0 Å². The van der Waals surface area contributed by atoms with E-state index in [4.69, 9.17) is 4.74 Å². The Bertz CT molecular complexity index is 437. The Morgan fingerprint density at radius 3 is 2.67 bits per heavy atom. The predicted octanol–water partition coefficient (Wildman–Crippen LogP) is 1.96. The van der Waals surface area contributed by atoms with Gasteiger partial charge in [-0.25, -0.2) is 0 Å². The molecular formula is C17H27N3O. The lowest BCUT2D eigenvalue weighted by Crippen LogP contribution is -2.51. The smallest absolute Gasteiger partial charge is 0.142 e. The van der Waals surface area contributed by atoms with Gasteiger partial charge in [0.05, 0.1) is 12.8 Å². The van der Waals surface area contributed by atoms with E-state index in [9.17, 15) is 0 Å². The molecule has 2 fully saturated rings. The van der Waals surface area contributed by atoms with E-state index in [1.165, 1.54) is 38.0 Å². The minimum Gasteiger partial charge on any atom is -0.495 e. The van der Waals surface area contributed by atoms with Gasteiger partial charge < -0.3 is 15.0 Å². The zero-order valence-corrected chi connectivity index (χ0v) is 13.1. The Hall–Kier alpha value is -1.26. The summed E-state index contributed by atoms with van der Waals surface area (Å²) >= 11 is 0. The number of anilines is 1. The van der Waals surface area contributed by atoms with Gasteiger partial charge >= 0.3 is 0 Å². The molecule has 2 heterocycles. The Kier molecular flexibility index (Phi) is 4.99. The molecule has 1 atom stereocenters. The summed E-state index contributed by atoms with van der Waals surface area (Å²) in [6.07, 6.45) is 4.07. The standard InChI is InChI=1S/C17H27N3O/c1-21-17-8-3-2-7-16(17)20-12-10-19(11-13-20)14-15-6-4-5-9-18-15/h2-3,7-8,15,18H,4-6,9-14H2,1H3. The SMILES string of the molecule is COc1ccccc1N1CCN(CC2CCCCN2)CC1. The number of nitrogens with one attached hydrogen (secondary N) is 1. The predicted molar refractivity (Wildman–Crippen MR) is 87.3 cm³/mol. The highest BCUT2D eigenvalue weighted by Gasteiger charge is 2.22. The fourth-order valence-electron chi connectivity index (χ4n) is 3.45. The fourth-order valence-corrected chi connectivity index (χ4v) is 3.45. The monoisotopic (exact) mass is 289 g/mol. The normalized spacial score (nSPS) is 24.0. The number of ether oxygens (including phenoxy) is 1. The molecule has 1 N–H and O–H groups in total. The van der Waals surface area contributed by atoms with Crippen LogP contribution in [0.15, 0.2) is 24.3 Å². The third-order valence-electron chi connectivity index (χ3n) is 4.69. The molecule has 2 aliphatic heterocycles. The van der Waals surface area contributed by atoms with Crippen LogP contribution in [0.25, 0.3) is 0 Å². The summed E-state index contributed by atoms with van der Waals surface area (Å²) in [6.45, 7) is 6.89. The molecule has 0 bridgehead atoms. The van der Waals surface area contributed by atoms with Crippen LogP contribution in [-0.4, -0.2) is 57.3 Å². The van der Waals surface area contributed by atoms with Crippen LogP contribution in [0.5, 0.6) is 5.75 Å². The zero-order chi connectivity index (χ0) is 14.5. The van der Waals surface area contributed by atoms with Crippen LogP contribution in [0.2, 0.25) is 0 Å². The van der Waals surface area contributed by atoms with Gasteiger partial charge in [-0.05, 0) is 31.5 Å². The number of rotatable bonds is 4. The van der Waals surface area contributed by atoms with E-state index in [2.05, 4.69) is 27.2 Å². The maximum Gasteiger partial charge on any atom is 0.142 e. The molecule has 4 heteroatoms. The number of hydrogen-bond donors (Lipinski definition) is 1. The molecule has 3 rings (SSSR count). The molecule has 4 nitrogen and oxygen atoms in total. The maximum absolute atomic E-state index is 5.48. The Labute approximate surface area is 128 Å². The van der Waals surface area contributed by atoms with Gasteiger partial charge in [0.1, 0.15) is 5.75 Å². The van der Waals surface area contributed by atoms with Crippen LogP contribution in [0.3, 0.4) is 0 Å². The molecule has 116 valence electrons. The lowest BCUT2D eigenvalue weighted by molar-refractivity contribution is 0.213. The number of hydrogen-bond acceptors (Lipinski definition) is 4. The second-order valence-electron chi connectivity index (χ2n) is 6.11. The third kappa shape index (κ3) is 3.69. The van der Waals surface area contributed by atoms with E-state index in [-0.39, 0.29) is 0 Å². The lowest BCUT2D eigenvalue weighted by Gasteiger charge is -2.38. The fraction of sp³-hybridized carbons (Fsp3) is 0.647. The van der Waals surface area contributed by atoms with Crippen LogP contribution < -0.4 is 15.0 Å². The Morgan fingerprint density at radius 2 is 1.95 bits per heavy atom. The van der Waals surface area contributed by atoms with Crippen LogP contribution in [0.4, 0.5) is 5.69 Å². The summed E-state index contributed by atoms with van der Waals surface area (Å²) in [4.78, 5) is 5.05. The van der Waals surface area contributed by atoms with E-state index in [0.29, 0.717) is 6.04 Å². The summed E-state index contributed by atoms with van der Waals surface area (Å²) < 4.78 is 5.48. The van der Waals surface area contributed by atoms with Crippen LogP contribution in [0.1, 0.15) is 19.3 Å². The summed E-state index contributed by atoms with van der Waals surface area (Å²) in [5.74, 6) is 0.986. The van der Waals surface area contributed by atoms with E-state index in [1.807, 2.05) is 12.1 Å². The van der Waals surface area contributed by atoms with E-state index in [0.717, 1.165) is 31.9 Å². The number of para-hydroxylation sites is 2. The Balaban J connectivity index is 1.52. The molecule has 0 amide bonds. The maximum atomic E-state index is 5.48. The first-order chi connectivity index (χ1) is 10.4. The second-order valence-corrected chi connectivity index (χ2v) is 6.11. The van der Waals surface area contributed by atoms with Gasteiger partial charge in [0.25, 0.3) is 0 Å². The van der Waals surface area contributed by atoms with Gasteiger partial charge in [-0.2, -0.15) is 0 Å². The molecular weight excluding hydrogens is 262 g/mol. The number of benzene rings is 1. The molecule has 2 aliphatic rings. The first kappa shape index (κ1) is 14.7. The first-order valence-electron chi connectivity index (χ1n) is 8.20. The highest BCUT2D eigenvalue weighted by molar-refractivity contribution is 5.58. The molecule has 0 radical (unpaired) electrons. The van der Waals surface area contributed by atoms with Crippen molar-refractivity contribution in [1.82, 2.24) is 10.2 Å². The van der Waals surface area contributed by atoms with Gasteiger partial charge in [0.2, 0.25) is 0 Å². The van der Waals surface area contributed by atoms with Crippen molar-refractivity contribution in [3.8, 4) is 5.75 Å². The quantitative estimate of drug-likeness (QED) is 0.917. The van der Waals surface area contributed by atoms with E-state index in [1.54, 1.807) is 7.11 Å². The average Bonchev–Trinajstić information content (AvgIpc) is 2.56. The molecule has 0 aliphatic carbocycles. The number of nitrogens with zero attached hydrogens (tertiary/aromatic N) is 2. The number of piperazine rings is 1. The van der Waals surface area contributed by atoms with Crippen molar-refractivity contribution in [2.75, 3.05) is 51.3 Å². The minimum absolute atomic E-state index is 0.705. The van der Waals surface area contributed by atoms with Gasteiger partial charge in [-0.15, -0.1) is 0 Å². The summed E-state index contributed by atoms with van der Waals surface area (Å²) in [5.41, 5.74) is 1.23. The largest absolute Gasteiger partial charge is 0.495 e. The van der Waals surface area contributed by atoms with Crippen molar-refractivity contribution in [2.24, 2.45) is 0 Å². The Morgan fingerprint density at radius 1 is 1.14 bits per heavy atom. The van der Waals surface area contributed by atoms with Gasteiger partial charge in [0, 0.05) is 38.8 Å². The summed E-state index contributed by atoms with van der Waals surface area (Å²) in [5, 5.41) is 3.65. The highest BCUT2D eigenvalue weighted by atomic mass is 16.5. The van der Waals surface area contributed by atoms with Crippen molar-refractivity contribution >= 4 is 5.69 Å². The van der Waals surface area contributed by atoms with Crippen molar-refractivity contribution in [3.63, 3.8) is 0 Å². The van der Waals surface area contributed by atoms with Crippen molar-refractivity contribution in [2.45, 2.75) is 25.3 Å². The molecule has 1 unspecified atom stereocenters. The molecule has 2 saturated heterocycles. The lowest BCUT2D eigenvalue weighted by atomic mass is 10.0. The molecule has 0 saturated carbocycles. The van der Waals surface area contributed by atoms with Crippen LogP contribution >= 0.6 is 0 Å². The number of methoxy groups -OCH3 is 1. The van der Waals surface area contributed by atoms with Crippen molar-refractivity contribution in [1.29, 1.82) is 0 Å². The number of piperidine rings is 1. The minimum atomic E-state index is 0.705.